The predicted octanol–water partition coefficient (Wildman–Crippen LogP) is 8.90. The fourth-order valence-corrected chi connectivity index (χ4v) is 5.82. The van der Waals surface area contributed by atoms with Crippen LogP contribution in [0.4, 0.5) is 0 Å². The molecule has 0 saturated carbocycles. The van der Waals surface area contributed by atoms with Gasteiger partial charge in [-0.05, 0) is 111 Å². The molecule has 0 aliphatic rings. The van der Waals surface area contributed by atoms with E-state index in [-0.39, 0.29) is 11.9 Å². The Hall–Kier alpha value is -3.16. The maximum atomic E-state index is 13.0. The highest BCUT2D eigenvalue weighted by molar-refractivity contribution is 6.13. The Balaban J connectivity index is 1.63. The van der Waals surface area contributed by atoms with Crippen LogP contribution in [0.2, 0.25) is 0 Å². The zero-order chi connectivity index (χ0) is 33.1. The van der Waals surface area contributed by atoms with E-state index in [4.69, 9.17) is 14.2 Å². The number of carbonyl (C=O) groups is 2. The molecular formula is C39H58N2O5. The summed E-state index contributed by atoms with van der Waals surface area (Å²) in [4.78, 5) is 30.9. The molecule has 254 valence electrons. The molecular weight excluding hydrogens is 576 g/mol. The number of esters is 2. The van der Waals surface area contributed by atoms with Crippen molar-refractivity contribution >= 4 is 33.5 Å². The van der Waals surface area contributed by atoms with Gasteiger partial charge in [-0.1, -0.05) is 65.5 Å². The summed E-state index contributed by atoms with van der Waals surface area (Å²) in [5, 5.41) is 3.65. The molecule has 0 aliphatic carbocycles. The van der Waals surface area contributed by atoms with Gasteiger partial charge in [0.05, 0.1) is 31.5 Å². The molecule has 0 aliphatic heterocycles. The average Bonchev–Trinajstić information content (AvgIpc) is 3.08. The van der Waals surface area contributed by atoms with Gasteiger partial charge in [-0.2, -0.15) is 0 Å². The van der Waals surface area contributed by atoms with Gasteiger partial charge < -0.3 is 24.0 Å². The van der Waals surface area contributed by atoms with Crippen LogP contribution in [0, 0.1) is 0 Å². The van der Waals surface area contributed by atoms with Crippen LogP contribution in [0.3, 0.4) is 0 Å². The Kier molecular flexibility index (Phi) is 16.9. The van der Waals surface area contributed by atoms with Crippen molar-refractivity contribution in [2.75, 3.05) is 59.6 Å². The number of carbonyl (C=O) groups excluding carboxylic acids is 2. The molecule has 0 saturated heterocycles. The summed E-state index contributed by atoms with van der Waals surface area (Å²) < 4.78 is 17.1. The van der Waals surface area contributed by atoms with Crippen LogP contribution in [-0.4, -0.2) is 81.3 Å². The van der Waals surface area contributed by atoms with E-state index < -0.39 is 0 Å². The van der Waals surface area contributed by atoms with Gasteiger partial charge in [-0.25, -0.2) is 9.59 Å². The first-order chi connectivity index (χ1) is 22.4. The van der Waals surface area contributed by atoms with Crippen molar-refractivity contribution in [1.82, 2.24) is 9.80 Å². The van der Waals surface area contributed by atoms with E-state index in [0.29, 0.717) is 30.1 Å². The Labute approximate surface area is 277 Å². The molecule has 0 heterocycles. The zero-order valence-corrected chi connectivity index (χ0v) is 29.2. The monoisotopic (exact) mass is 634 g/mol. The summed E-state index contributed by atoms with van der Waals surface area (Å²) in [7, 11) is 1.62. The van der Waals surface area contributed by atoms with Crippen molar-refractivity contribution in [2.45, 2.75) is 91.9 Å². The third-order valence-corrected chi connectivity index (χ3v) is 8.62. The average molecular weight is 635 g/mol. The first-order valence-corrected chi connectivity index (χ1v) is 17.8. The van der Waals surface area contributed by atoms with Crippen LogP contribution >= 0.6 is 0 Å². The van der Waals surface area contributed by atoms with Crippen LogP contribution in [0.5, 0.6) is 5.75 Å². The van der Waals surface area contributed by atoms with Crippen molar-refractivity contribution in [3.05, 3.63) is 53.6 Å². The maximum Gasteiger partial charge on any atom is 0.338 e. The third kappa shape index (κ3) is 11.6. The number of fused-ring (bicyclic) bond motifs is 3. The molecule has 0 aromatic heterocycles. The molecule has 0 fully saturated rings. The lowest BCUT2D eigenvalue weighted by Crippen LogP contribution is -2.28. The molecule has 7 heteroatoms. The van der Waals surface area contributed by atoms with E-state index in [9.17, 15) is 9.59 Å². The Morgan fingerprint density at radius 1 is 0.543 bits per heavy atom. The smallest absolute Gasteiger partial charge is 0.338 e. The summed E-state index contributed by atoms with van der Waals surface area (Å²) in [5.74, 6) is 0.00522. The Morgan fingerprint density at radius 3 is 1.43 bits per heavy atom. The van der Waals surface area contributed by atoms with Crippen molar-refractivity contribution in [3.63, 3.8) is 0 Å². The summed E-state index contributed by atoms with van der Waals surface area (Å²) in [6.07, 6.45) is 11.2. The number of nitrogens with zero attached hydrogens (tertiary/aromatic N) is 2. The van der Waals surface area contributed by atoms with Gasteiger partial charge in [-0.3, -0.25) is 0 Å². The molecule has 7 nitrogen and oxygen atoms in total. The Morgan fingerprint density at radius 2 is 0.978 bits per heavy atom. The minimum absolute atomic E-state index is 0.313. The van der Waals surface area contributed by atoms with Crippen LogP contribution in [0.15, 0.2) is 42.5 Å². The molecule has 0 spiro atoms. The predicted molar refractivity (Wildman–Crippen MR) is 190 cm³/mol. The number of hydrogen-bond acceptors (Lipinski definition) is 7. The molecule has 0 radical (unpaired) electrons. The Bertz CT molecular complexity index is 1340. The summed E-state index contributed by atoms with van der Waals surface area (Å²) in [6, 6.07) is 13.1. The van der Waals surface area contributed by atoms with Crippen molar-refractivity contribution in [1.29, 1.82) is 0 Å². The number of hydrogen-bond donors (Lipinski definition) is 0. The van der Waals surface area contributed by atoms with E-state index in [1.165, 1.54) is 51.4 Å². The number of methoxy groups -OCH3 is 1. The molecule has 0 amide bonds. The van der Waals surface area contributed by atoms with Gasteiger partial charge in [0, 0.05) is 18.5 Å². The lowest BCUT2D eigenvalue weighted by Gasteiger charge is -2.21. The number of unbranched alkanes of at least 4 members (excludes halogenated alkanes) is 4. The molecule has 46 heavy (non-hydrogen) atoms. The summed E-state index contributed by atoms with van der Waals surface area (Å²) in [5.41, 5.74) is 1.02. The zero-order valence-electron chi connectivity index (χ0n) is 29.2. The third-order valence-electron chi connectivity index (χ3n) is 8.62. The van der Waals surface area contributed by atoms with E-state index in [1.54, 1.807) is 7.11 Å². The van der Waals surface area contributed by atoms with Crippen LogP contribution < -0.4 is 4.74 Å². The fourth-order valence-electron chi connectivity index (χ4n) is 5.82. The standard InChI is InChI=1S/C39H58N2O5/c1-6-10-20-40(21-11-7-2)24-14-26-45-38(42)31-16-18-34-33(28-31)30-37(44-5)36-29-32(17-19-35(34)36)39(43)46-27-15-25-41(22-12-8-3)23-13-9-4/h16-19,28-30H,6-15,20-27H2,1-5H3. The SMILES string of the molecule is CCCCN(CCCC)CCCOC(=O)c1ccc2c(c1)cc(OC)c1cc(C(=O)OCCCN(CCCC)CCCC)ccc12. The lowest BCUT2D eigenvalue weighted by molar-refractivity contribution is 0.0478. The van der Waals surface area contributed by atoms with Crippen LogP contribution in [-0.2, 0) is 9.47 Å². The van der Waals surface area contributed by atoms with Gasteiger partial charge in [-0.15, -0.1) is 0 Å². The quantitative estimate of drug-likeness (QED) is 0.0586. The molecule has 0 N–H and O–H groups in total. The van der Waals surface area contributed by atoms with Crippen LogP contribution in [0.1, 0.15) is 113 Å². The second kappa shape index (κ2) is 20.9. The van der Waals surface area contributed by atoms with Crippen molar-refractivity contribution in [2.24, 2.45) is 0 Å². The van der Waals surface area contributed by atoms with Crippen molar-refractivity contribution < 1.29 is 23.8 Å². The largest absolute Gasteiger partial charge is 0.496 e. The van der Waals surface area contributed by atoms with E-state index >= 15 is 0 Å². The van der Waals surface area contributed by atoms with E-state index in [0.717, 1.165) is 73.7 Å². The number of benzene rings is 3. The molecule has 3 aromatic rings. The van der Waals surface area contributed by atoms with Gasteiger partial charge in [0.25, 0.3) is 0 Å². The fraction of sp³-hybridized carbons (Fsp3) is 0.590. The second-order valence-electron chi connectivity index (χ2n) is 12.4. The lowest BCUT2D eigenvalue weighted by atomic mass is 9.97. The first kappa shape index (κ1) is 37.3. The molecule has 3 rings (SSSR count). The highest BCUT2D eigenvalue weighted by atomic mass is 16.5. The molecule has 3 aromatic carbocycles. The highest BCUT2D eigenvalue weighted by Gasteiger charge is 2.15. The molecule has 0 unspecified atom stereocenters. The highest BCUT2D eigenvalue weighted by Crippen LogP contribution is 2.35. The molecule has 0 bridgehead atoms. The normalized spacial score (nSPS) is 11.5. The number of ether oxygens (including phenoxy) is 3. The topological polar surface area (TPSA) is 68.3 Å². The second-order valence-corrected chi connectivity index (χ2v) is 12.4. The molecule has 0 atom stereocenters. The van der Waals surface area contributed by atoms with Gasteiger partial charge >= 0.3 is 11.9 Å². The van der Waals surface area contributed by atoms with Gasteiger partial charge in [0.2, 0.25) is 0 Å². The maximum absolute atomic E-state index is 13.0. The van der Waals surface area contributed by atoms with Gasteiger partial charge in [0.1, 0.15) is 5.75 Å². The first-order valence-electron chi connectivity index (χ1n) is 17.8. The summed E-state index contributed by atoms with van der Waals surface area (Å²) >= 11 is 0. The van der Waals surface area contributed by atoms with E-state index in [2.05, 4.69) is 37.5 Å². The minimum atomic E-state index is -0.324. The number of rotatable bonds is 23. The van der Waals surface area contributed by atoms with Crippen LogP contribution in [0.25, 0.3) is 21.5 Å². The van der Waals surface area contributed by atoms with Crippen molar-refractivity contribution in [3.8, 4) is 5.75 Å². The van der Waals surface area contributed by atoms with E-state index in [1.807, 2.05) is 42.5 Å². The minimum Gasteiger partial charge on any atom is -0.496 e. The summed E-state index contributed by atoms with van der Waals surface area (Å²) in [6.45, 7) is 16.0. The van der Waals surface area contributed by atoms with Gasteiger partial charge in [0.15, 0.2) is 0 Å².